The van der Waals surface area contributed by atoms with Crippen molar-refractivity contribution in [3.8, 4) is 0 Å². The van der Waals surface area contributed by atoms with Gasteiger partial charge in [0.25, 0.3) is 0 Å². The molecule has 0 radical (unpaired) electrons. The fourth-order valence-corrected chi connectivity index (χ4v) is 1.86. The summed E-state index contributed by atoms with van der Waals surface area (Å²) in [6.07, 6.45) is 3.85. The normalized spacial score (nSPS) is 33.0. The summed E-state index contributed by atoms with van der Waals surface area (Å²) < 4.78 is 13.1. The molecule has 1 rings (SSSR count). The first-order valence-electron chi connectivity index (χ1n) is 3.76. The van der Waals surface area contributed by atoms with Crippen molar-refractivity contribution < 1.29 is 8.74 Å². The third-order valence-corrected chi connectivity index (χ3v) is 2.40. The second-order valence-corrected chi connectivity index (χ2v) is 3.53. The average Bonchev–Trinajstić information content (AvgIpc) is 2.31. The fourth-order valence-electron chi connectivity index (χ4n) is 1.60. The number of rotatable bonds is 3. The third kappa shape index (κ3) is 2.48. The summed E-state index contributed by atoms with van der Waals surface area (Å²) in [5, 5.41) is 0. The Morgan fingerprint density at radius 2 is 2.40 bits per heavy atom. The van der Waals surface area contributed by atoms with Crippen LogP contribution in [-0.4, -0.2) is 11.2 Å². The van der Waals surface area contributed by atoms with E-state index in [-0.39, 0.29) is 0 Å². The van der Waals surface area contributed by atoms with Crippen molar-refractivity contribution in [2.45, 2.75) is 26.2 Å². The molecule has 1 aliphatic carbocycles. The molecule has 0 amide bonds. The molecule has 0 aromatic heterocycles. The summed E-state index contributed by atoms with van der Waals surface area (Å²) in [4.78, 5) is 0. The van der Waals surface area contributed by atoms with Crippen molar-refractivity contribution in [1.82, 2.24) is 0 Å². The Morgan fingerprint density at radius 3 is 2.90 bits per heavy atom. The second-order valence-electron chi connectivity index (χ2n) is 3.14. The molecule has 0 aliphatic heterocycles. The van der Waals surface area contributed by atoms with Crippen LogP contribution in [-0.2, 0) is 4.18 Å². The minimum Gasteiger partial charge on any atom is -0.307 e. The zero-order valence-electron chi connectivity index (χ0n) is 6.25. The van der Waals surface area contributed by atoms with Crippen LogP contribution in [0.4, 0.5) is 0 Å². The van der Waals surface area contributed by atoms with E-state index in [0.717, 1.165) is 5.92 Å². The Labute approximate surface area is 66.4 Å². The van der Waals surface area contributed by atoms with Gasteiger partial charge in [0.05, 0.1) is 6.61 Å². The lowest BCUT2D eigenvalue weighted by Gasteiger charge is -2.05. The maximum Gasteiger partial charge on any atom is 0.155 e. The molecule has 2 atom stereocenters. The molecule has 10 heavy (non-hydrogen) atoms. The molecule has 1 N–H and O–H groups in total. The third-order valence-electron chi connectivity index (χ3n) is 2.16. The first-order chi connectivity index (χ1) is 4.83. The molecular weight excluding hydrogens is 148 g/mol. The Kier molecular flexibility index (Phi) is 3.52. The molecule has 1 fully saturated rings. The van der Waals surface area contributed by atoms with Gasteiger partial charge in [-0.05, 0) is 24.7 Å². The molecule has 2 unspecified atom stereocenters. The SMILES string of the molecule is CC1CCC(COSO)C1. The van der Waals surface area contributed by atoms with Crippen LogP contribution in [0.1, 0.15) is 26.2 Å². The van der Waals surface area contributed by atoms with E-state index >= 15 is 0 Å². The molecule has 0 heterocycles. The summed E-state index contributed by atoms with van der Waals surface area (Å²) >= 11 is 0.490. The van der Waals surface area contributed by atoms with Gasteiger partial charge in [-0.2, -0.15) is 0 Å². The molecule has 1 saturated carbocycles. The van der Waals surface area contributed by atoms with E-state index in [1.165, 1.54) is 19.3 Å². The molecule has 0 aromatic rings. The van der Waals surface area contributed by atoms with Gasteiger partial charge < -0.3 is 4.55 Å². The van der Waals surface area contributed by atoms with Gasteiger partial charge in [0.15, 0.2) is 12.3 Å². The lowest BCUT2D eigenvalue weighted by molar-refractivity contribution is 0.270. The van der Waals surface area contributed by atoms with E-state index in [4.69, 9.17) is 8.74 Å². The van der Waals surface area contributed by atoms with Crippen molar-refractivity contribution in [2.24, 2.45) is 11.8 Å². The Morgan fingerprint density at radius 1 is 1.60 bits per heavy atom. The van der Waals surface area contributed by atoms with E-state index in [9.17, 15) is 0 Å². The lowest BCUT2D eigenvalue weighted by atomic mass is 10.1. The van der Waals surface area contributed by atoms with Crippen LogP contribution in [0.25, 0.3) is 0 Å². The Bertz CT molecular complexity index is 97.6. The summed E-state index contributed by atoms with van der Waals surface area (Å²) in [5.41, 5.74) is 0. The van der Waals surface area contributed by atoms with E-state index in [1.54, 1.807) is 0 Å². The van der Waals surface area contributed by atoms with Crippen LogP contribution in [0.5, 0.6) is 0 Å². The molecule has 0 aromatic carbocycles. The van der Waals surface area contributed by atoms with E-state index < -0.39 is 0 Å². The summed E-state index contributed by atoms with van der Waals surface area (Å²) in [5.74, 6) is 1.55. The summed E-state index contributed by atoms with van der Waals surface area (Å²) in [6, 6.07) is 0. The van der Waals surface area contributed by atoms with E-state index in [2.05, 4.69) is 6.92 Å². The highest BCUT2D eigenvalue weighted by Crippen LogP contribution is 2.30. The largest absolute Gasteiger partial charge is 0.307 e. The predicted molar refractivity (Wildman–Crippen MR) is 42.7 cm³/mol. The van der Waals surface area contributed by atoms with Crippen molar-refractivity contribution in [3.05, 3.63) is 0 Å². The van der Waals surface area contributed by atoms with Gasteiger partial charge in [0, 0.05) is 0 Å². The van der Waals surface area contributed by atoms with Gasteiger partial charge in [0.2, 0.25) is 0 Å². The smallest absolute Gasteiger partial charge is 0.155 e. The number of hydrogen-bond donors (Lipinski definition) is 1. The molecule has 60 valence electrons. The molecule has 1 aliphatic rings. The molecular formula is C7H14O2S. The zero-order chi connectivity index (χ0) is 7.40. The maximum atomic E-state index is 8.29. The van der Waals surface area contributed by atoms with Gasteiger partial charge in [0.1, 0.15) is 0 Å². The first-order valence-corrected chi connectivity index (χ1v) is 4.45. The van der Waals surface area contributed by atoms with Gasteiger partial charge in [-0.3, -0.25) is 4.18 Å². The Balaban J connectivity index is 2.06. The standard InChI is InChI=1S/C7H14O2S/c1-6-2-3-7(4-6)5-9-10-8/h6-8H,2-5H2,1H3. The predicted octanol–water partition coefficient (Wildman–Crippen LogP) is 2.56. The minimum absolute atomic E-state index is 0.490. The van der Waals surface area contributed by atoms with Crippen molar-refractivity contribution >= 4 is 12.3 Å². The molecule has 0 bridgehead atoms. The van der Waals surface area contributed by atoms with Crippen LogP contribution in [0, 0.1) is 11.8 Å². The first kappa shape index (κ1) is 8.37. The quantitative estimate of drug-likeness (QED) is 0.647. The average molecular weight is 162 g/mol. The van der Waals surface area contributed by atoms with E-state index in [0.29, 0.717) is 24.8 Å². The highest BCUT2D eigenvalue weighted by molar-refractivity contribution is 7.88. The lowest BCUT2D eigenvalue weighted by Crippen LogP contribution is -2.01. The van der Waals surface area contributed by atoms with Crippen molar-refractivity contribution in [2.75, 3.05) is 6.61 Å². The van der Waals surface area contributed by atoms with E-state index in [1.807, 2.05) is 0 Å². The monoisotopic (exact) mass is 162 g/mol. The van der Waals surface area contributed by atoms with Gasteiger partial charge >= 0.3 is 0 Å². The highest BCUT2D eigenvalue weighted by Gasteiger charge is 2.21. The molecule has 0 saturated heterocycles. The molecule has 0 spiro atoms. The van der Waals surface area contributed by atoms with Crippen LogP contribution < -0.4 is 0 Å². The van der Waals surface area contributed by atoms with Crippen LogP contribution in [0.15, 0.2) is 0 Å². The molecule has 2 nitrogen and oxygen atoms in total. The topological polar surface area (TPSA) is 29.5 Å². The Hall–Kier alpha value is 0.270. The van der Waals surface area contributed by atoms with Crippen molar-refractivity contribution in [1.29, 1.82) is 0 Å². The van der Waals surface area contributed by atoms with Crippen LogP contribution in [0.2, 0.25) is 0 Å². The highest BCUT2D eigenvalue weighted by atomic mass is 32.2. The van der Waals surface area contributed by atoms with Gasteiger partial charge in [-0.1, -0.05) is 13.3 Å². The van der Waals surface area contributed by atoms with Gasteiger partial charge in [-0.15, -0.1) is 0 Å². The second kappa shape index (κ2) is 4.21. The van der Waals surface area contributed by atoms with Crippen LogP contribution >= 0.6 is 12.3 Å². The number of hydrogen-bond acceptors (Lipinski definition) is 3. The van der Waals surface area contributed by atoms with Crippen molar-refractivity contribution in [3.63, 3.8) is 0 Å². The van der Waals surface area contributed by atoms with Gasteiger partial charge in [-0.25, -0.2) is 0 Å². The fraction of sp³-hybridized carbons (Fsp3) is 1.00. The van der Waals surface area contributed by atoms with Crippen LogP contribution in [0.3, 0.4) is 0 Å². The summed E-state index contributed by atoms with van der Waals surface area (Å²) in [6.45, 7) is 2.98. The minimum atomic E-state index is 0.490. The maximum absolute atomic E-state index is 8.29. The summed E-state index contributed by atoms with van der Waals surface area (Å²) in [7, 11) is 0. The zero-order valence-corrected chi connectivity index (χ0v) is 7.06. The molecule has 3 heteroatoms.